The van der Waals surface area contributed by atoms with Crippen LogP contribution in [0.15, 0.2) is 18.2 Å². The van der Waals surface area contributed by atoms with Crippen molar-refractivity contribution in [3.8, 4) is 0 Å². The minimum atomic E-state index is 0.673. The molecule has 0 saturated carbocycles. The van der Waals surface area contributed by atoms with E-state index >= 15 is 0 Å². The largest absolute Gasteiger partial charge is 0.314 e. The molecule has 0 aromatic heterocycles. The number of nitrogens with zero attached hydrogens (tertiary/aromatic N) is 1. The standard InChI is InChI=1S/C16H24N2/c1-13(18-9-7-17-8-10-18)11-14-5-6-15-3-2-4-16(15)12-14/h5-6,12-13,17H,2-4,7-11H2,1H3. The van der Waals surface area contributed by atoms with Crippen molar-refractivity contribution in [3.05, 3.63) is 34.9 Å². The van der Waals surface area contributed by atoms with Gasteiger partial charge in [0.25, 0.3) is 0 Å². The first-order valence-electron chi connectivity index (χ1n) is 7.38. The molecule has 1 heterocycles. The summed E-state index contributed by atoms with van der Waals surface area (Å²) < 4.78 is 0. The fourth-order valence-electron chi connectivity index (χ4n) is 3.35. The lowest BCUT2D eigenvalue weighted by molar-refractivity contribution is 0.183. The normalized spacial score (nSPS) is 21.8. The van der Waals surface area contributed by atoms with Crippen LogP contribution in [-0.2, 0) is 19.3 Å². The van der Waals surface area contributed by atoms with Gasteiger partial charge in [-0.1, -0.05) is 18.2 Å². The molecule has 18 heavy (non-hydrogen) atoms. The summed E-state index contributed by atoms with van der Waals surface area (Å²) in [6, 6.07) is 7.85. The Hall–Kier alpha value is -0.860. The van der Waals surface area contributed by atoms with Crippen LogP contribution in [-0.4, -0.2) is 37.1 Å². The average molecular weight is 244 g/mol. The van der Waals surface area contributed by atoms with Crippen molar-refractivity contribution in [2.45, 2.75) is 38.6 Å². The summed E-state index contributed by atoms with van der Waals surface area (Å²) in [4.78, 5) is 2.61. The molecule has 1 unspecified atom stereocenters. The highest BCUT2D eigenvalue weighted by atomic mass is 15.2. The Balaban J connectivity index is 1.64. The molecule has 1 aromatic carbocycles. The number of rotatable bonds is 3. The molecule has 1 aliphatic heterocycles. The van der Waals surface area contributed by atoms with Crippen LogP contribution in [0, 0.1) is 0 Å². The molecule has 1 N–H and O–H groups in total. The Morgan fingerprint density at radius 3 is 2.78 bits per heavy atom. The number of fused-ring (bicyclic) bond motifs is 1. The third kappa shape index (κ3) is 2.60. The number of aryl methyl sites for hydroxylation is 2. The molecule has 2 nitrogen and oxygen atoms in total. The Kier molecular flexibility index (Phi) is 3.67. The quantitative estimate of drug-likeness (QED) is 0.875. The van der Waals surface area contributed by atoms with Gasteiger partial charge in [-0.3, -0.25) is 4.90 Å². The fraction of sp³-hybridized carbons (Fsp3) is 0.625. The van der Waals surface area contributed by atoms with Crippen LogP contribution in [0.3, 0.4) is 0 Å². The highest BCUT2D eigenvalue weighted by molar-refractivity contribution is 5.35. The van der Waals surface area contributed by atoms with Crippen molar-refractivity contribution >= 4 is 0 Å². The zero-order valence-corrected chi connectivity index (χ0v) is 11.4. The highest BCUT2D eigenvalue weighted by Crippen LogP contribution is 2.23. The van der Waals surface area contributed by atoms with Gasteiger partial charge < -0.3 is 5.32 Å². The van der Waals surface area contributed by atoms with Crippen LogP contribution in [0.25, 0.3) is 0 Å². The van der Waals surface area contributed by atoms with E-state index in [0.717, 1.165) is 13.1 Å². The van der Waals surface area contributed by atoms with Gasteiger partial charge in [0.05, 0.1) is 0 Å². The van der Waals surface area contributed by atoms with Crippen molar-refractivity contribution in [1.29, 1.82) is 0 Å². The van der Waals surface area contributed by atoms with Crippen LogP contribution in [0.2, 0.25) is 0 Å². The van der Waals surface area contributed by atoms with Gasteiger partial charge in [-0.05, 0) is 49.3 Å². The molecule has 2 aliphatic rings. The lowest BCUT2D eigenvalue weighted by Crippen LogP contribution is -2.48. The summed E-state index contributed by atoms with van der Waals surface area (Å²) >= 11 is 0. The van der Waals surface area contributed by atoms with Crippen LogP contribution >= 0.6 is 0 Å². The molecule has 1 atom stereocenters. The van der Waals surface area contributed by atoms with Gasteiger partial charge in [-0.25, -0.2) is 0 Å². The van der Waals surface area contributed by atoms with Crippen molar-refractivity contribution in [2.24, 2.45) is 0 Å². The van der Waals surface area contributed by atoms with E-state index in [9.17, 15) is 0 Å². The maximum absolute atomic E-state index is 3.43. The second kappa shape index (κ2) is 5.41. The number of piperazine rings is 1. The molecule has 0 spiro atoms. The predicted octanol–water partition coefficient (Wildman–Crippen LogP) is 2.01. The molecule has 1 saturated heterocycles. The SMILES string of the molecule is CC(Cc1ccc2c(c1)CCC2)N1CCNCC1. The lowest BCUT2D eigenvalue weighted by Gasteiger charge is -2.33. The lowest BCUT2D eigenvalue weighted by atomic mass is 10.0. The second-order valence-electron chi connectivity index (χ2n) is 5.80. The van der Waals surface area contributed by atoms with E-state index in [4.69, 9.17) is 0 Å². The van der Waals surface area contributed by atoms with Crippen molar-refractivity contribution < 1.29 is 0 Å². The molecule has 0 amide bonds. The van der Waals surface area contributed by atoms with E-state index in [-0.39, 0.29) is 0 Å². The minimum absolute atomic E-state index is 0.673. The third-order valence-electron chi connectivity index (χ3n) is 4.47. The molecular weight excluding hydrogens is 220 g/mol. The van der Waals surface area contributed by atoms with Crippen LogP contribution in [0.4, 0.5) is 0 Å². The first-order valence-corrected chi connectivity index (χ1v) is 7.38. The van der Waals surface area contributed by atoms with Gasteiger partial charge in [0, 0.05) is 32.2 Å². The van der Waals surface area contributed by atoms with Crippen LogP contribution in [0.1, 0.15) is 30.0 Å². The van der Waals surface area contributed by atoms with Gasteiger partial charge >= 0.3 is 0 Å². The summed E-state index contributed by atoms with van der Waals surface area (Å²) in [5.41, 5.74) is 4.73. The maximum atomic E-state index is 3.43. The van der Waals surface area contributed by atoms with Gasteiger partial charge in [0.15, 0.2) is 0 Å². The van der Waals surface area contributed by atoms with Crippen molar-refractivity contribution in [3.63, 3.8) is 0 Å². The number of nitrogens with one attached hydrogen (secondary N) is 1. The number of benzene rings is 1. The minimum Gasteiger partial charge on any atom is -0.314 e. The zero-order valence-electron chi connectivity index (χ0n) is 11.4. The molecule has 2 heteroatoms. The van der Waals surface area contributed by atoms with E-state index in [1.54, 1.807) is 11.1 Å². The Morgan fingerprint density at radius 1 is 1.17 bits per heavy atom. The van der Waals surface area contributed by atoms with Gasteiger partial charge in [0.1, 0.15) is 0 Å². The van der Waals surface area contributed by atoms with Gasteiger partial charge in [-0.15, -0.1) is 0 Å². The first-order chi connectivity index (χ1) is 8.83. The van der Waals surface area contributed by atoms with Gasteiger partial charge in [0.2, 0.25) is 0 Å². The van der Waals surface area contributed by atoms with Crippen molar-refractivity contribution in [2.75, 3.05) is 26.2 Å². The van der Waals surface area contributed by atoms with E-state index < -0.39 is 0 Å². The number of hydrogen-bond acceptors (Lipinski definition) is 2. The summed E-state index contributed by atoms with van der Waals surface area (Å²) in [5, 5.41) is 3.43. The summed E-state index contributed by atoms with van der Waals surface area (Å²) in [7, 11) is 0. The van der Waals surface area contributed by atoms with Crippen LogP contribution < -0.4 is 5.32 Å². The molecule has 1 fully saturated rings. The highest BCUT2D eigenvalue weighted by Gasteiger charge is 2.17. The zero-order chi connectivity index (χ0) is 12.4. The molecular formula is C16H24N2. The molecule has 1 aliphatic carbocycles. The molecule has 1 aromatic rings. The molecule has 98 valence electrons. The predicted molar refractivity (Wildman–Crippen MR) is 76.1 cm³/mol. The molecule has 0 radical (unpaired) electrons. The van der Waals surface area contributed by atoms with E-state index in [2.05, 4.69) is 35.3 Å². The topological polar surface area (TPSA) is 15.3 Å². The number of hydrogen-bond donors (Lipinski definition) is 1. The van der Waals surface area contributed by atoms with Gasteiger partial charge in [-0.2, -0.15) is 0 Å². The third-order valence-corrected chi connectivity index (χ3v) is 4.47. The average Bonchev–Trinajstić information content (AvgIpc) is 2.87. The summed E-state index contributed by atoms with van der Waals surface area (Å²) in [5.74, 6) is 0. The first kappa shape index (κ1) is 12.2. The van der Waals surface area contributed by atoms with E-state index in [1.807, 2.05) is 0 Å². The van der Waals surface area contributed by atoms with E-state index in [0.29, 0.717) is 6.04 Å². The fourth-order valence-corrected chi connectivity index (χ4v) is 3.35. The van der Waals surface area contributed by atoms with Crippen molar-refractivity contribution in [1.82, 2.24) is 10.2 Å². The Labute approximate surface area is 110 Å². The summed E-state index contributed by atoms with van der Waals surface area (Å²) in [6.45, 7) is 7.07. The van der Waals surface area contributed by atoms with Crippen LogP contribution in [0.5, 0.6) is 0 Å². The molecule has 0 bridgehead atoms. The summed E-state index contributed by atoms with van der Waals surface area (Å²) in [6.07, 6.45) is 5.15. The Morgan fingerprint density at radius 2 is 1.94 bits per heavy atom. The van der Waals surface area contributed by atoms with E-state index in [1.165, 1.54) is 44.3 Å². The Bertz CT molecular complexity index is 408. The maximum Gasteiger partial charge on any atom is 0.0110 e. The smallest absolute Gasteiger partial charge is 0.0110 e. The molecule has 3 rings (SSSR count). The monoisotopic (exact) mass is 244 g/mol. The second-order valence-corrected chi connectivity index (χ2v) is 5.80.